The first-order chi connectivity index (χ1) is 15.0. The van der Waals surface area contributed by atoms with Gasteiger partial charge in [0.1, 0.15) is 11.5 Å². The van der Waals surface area contributed by atoms with Crippen LogP contribution in [0, 0.1) is 5.92 Å². The lowest BCUT2D eigenvalue weighted by molar-refractivity contribution is 0.0564. The van der Waals surface area contributed by atoms with Crippen molar-refractivity contribution in [2.45, 2.75) is 23.8 Å². The van der Waals surface area contributed by atoms with E-state index in [4.69, 9.17) is 21.1 Å². The number of aromatic nitrogens is 1. The largest absolute Gasteiger partial charge is 0.456 e. The molecule has 0 aliphatic carbocycles. The second-order valence-corrected chi connectivity index (χ2v) is 9.46. The highest BCUT2D eigenvalue weighted by atomic mass is 35.5. The summed E-state index contributed by atoms with van der Waals surface area (Å²) in [6, 6.07) is 16.7. The van der Waals surface area contributed by atoms with E-state index >= 15 is 0 Å². The number of nitrogens with zero attached hydrogens (tertiary/aromatic N) is 1. The van der Waals surface area contributed by atoms with Crippen LogP contribution in [0.15, 0.2) is 78.0 Å². The maximum absolute atomic E-state index is 13.2. The Hall–Kier alpha value is -2.45. The molecule has 1 unspecified atom stereocenters. The molecule has 1 saturated heterocycles. The molecule has 1 N–H and O–H groups in total. The van der Waals surface area contributed by atoms with Crippen LogP contribution >= 0.6 is 11.6 Å². The molecule has 0 radical (unpaired) electrons. The van der Waals surface area contributed by atoms with E-state index in [0.29, 0.717) is 29.7 Å². The first kappa shape index (κ1) is 21.8. The SMILES string of the molecule is O=S(=O)(NC(c1cccnc1)C1CCOCC1)c1ccc(Oc2ccccc2Cl)cc1. The zero-order chi connectivity index (χ0) is 21.7. The lowest BCUT2D eigenvalue weighted by Gasteiger charge is -2.31. The average molecular weight is 459 g/mol. The van der Waals surface area contributed by atoms with Gasteiger partial charge in [-0.25, -0.2) is 13.1 Å². The molecular weight excluding hydrogens is 436 g/mol. The molecule has 31 heavy (non-hydrogen) atoms. The van der Waals surface area contributed by atoms with Gasteiger partial charge in [0.25, 0.3) is 0 Å². The summed E-state index contributed by atoms with van der Waals surface area (Å²) in [7, 11) is -3.75. The number of benzene rings is 2. The third-order valence-electron chi connectivity index (χ3n) is 5.26. The first-order valence-electron chi connectivity index (χ1n) is 10.1. The number of pyridine rings is 1. The van der Waals surface area contributed by atoms with Crippen LogP contribution in [-0.4, -0.2) is 26.6 Å². The molecule has 2 heterocycles. The Labute approximate surface area is 187 Å². The van der Waals surface area contributed by atoms with E-state index in [-0.39, 0.29) is 16.9 Å². The van der Waals surface area contributed by atoms with E-state index in [2.05, 4.69) is 9.71 Å². The van der Waals surface area contributed by atoms with Crippen LogP contribution in [0.5, 0.6) is 11.5 Å². The van der Waals surface area contributed by atoms with E-state index < -0.39 is 10.0 Å². The predicted molar refractivity (Wildman–Crippen MR) is 119 cm³/mol. The molecule has 6 nitrogen and oxygen atoms in total. The highest BCUT2D eigenvalue weighted by molar-refractivity contribution is 7.89. The predicted octanol–water partition coefficient (Wildman–Crippen LogP) is 4.97. The molecule has 4 rings (SSSR count). The van der Waals surface area contributed by atoms with Crippen LogP contribution in [0.3, 0.4) is 0 Å². The smallest absolute Gasteiger partial charge is 0.241 e. The molecule has 0 spiro atoms. The Balaban J connectivity index is 1.54. The van der Waals surface area contributed by atoms with Crippen LogP contribution in [0.25, 0.3) is 0 Å². The van der Waals surface area contributed by atoms with Gasteiger partial charge in [0.2, 0.25) is 10.0 Å². The van der Waals surface area contributed by atoms with Crippen molar-refractivity contribution in [3.8, 4) is 11.5 Å². The normalized spacial score (nSPS) is 16.0. The first-order valence-corrected chi connectivity index (χ1v) is 11.9. The van der Waals surface area contributed by atoms with E-state index in [1.54, 1.807) is 36.7 Å². The quantitative estimate of drug-likeness (QED) is 0.540. The summed E-state index contributed by atoms with van der Waals surface area (Å²) in [5.74, 6) is 1.14. The maximum Gasteiger partial charge on any atom is 0.241 e. The number of nitrogens with one attached hydrogen (secondary N) is 1. The molecule has 0 saturated carbocycles. The Morgan fingerprint density at radius 2 is 1.77 bits per heavy atom. The number of para-hydroxylation sites is 1. The Morgan fingerprint density at radius 1 is 1.03 bits per heavy atom. The van der Waals surface area contributed by atoms with E-state index in [1.165, 1.54) is 12.1 Å². The Bertz CT molecular complexity index is 1100. The topological polar surface area (TPSA) is 77.5 Å². The molecule has 1 atom stereocenters. The molecule has 1 aromatic heterocycles. The van der Waals surface area contributed by atoms with Gasteiger partial charge >= 0.3 is 0 Å². The number of sulfonamides is 1. The average Bonchev–Trinajstić information content (AvgIpc) is 2.81. The van der Waals surface area contributed by atoms with Gasteiger partial charge in [0, 0.05) is 25.6 Å². The lowest BCUT2D eigenvalue weighted by atomic mass is 9.88. The minimum atomic E-state index is -3.75. The summed E-state index contributed by atoms with van der Waals surface area (Å²) in [6.07, 6.45) is 4.96. The van der Waals surface area contributed by atoms with Crippen molar-refractivity contribution in [3.05, 3.63) is 83.6 Å². The molecule has 2 aromatic carbocycles. The zero-order valence-electron chi connectivity index (χ0n) is 16.8. The van der Waals surface area contributed by atoms with E-state index in [1.807, 2.05) is 24.3 Å². The van der Waals surface area contributed by atoms with Crippen LogP contribution in [0.1, 0.15) is 24.4 Å². The molecule has 0 amide bonds. The van der Waals surface area contributed by atoms with Crippen molar-refractivity contribution in [3.63, 3.8) is 0 Å². The van der Waals surface area contributed by atoms with E-state index in [0.717, 1.165) is 18.4 Å². The molecule has 0 bridgehead atoms. The molecule has 8 heteroatoms. The third kappa shape index (κ3) is 5.43. The van der Waals surface area contributed by atoms with Crippen molar-refractivity contribution in [2.75, 3.05) is 13.2 Å². The molecule has 1 aliphatic rings. The second-order valence-electron chi connectivity index (χ2n) is 7.34. The van der Waals surface area contributed by atoms with Gasteiger partial charge in [-0.15, -0.1) is 0 Å². The van der Waals surface area contributed by atoms with Gasteiger partial charge < -0.3 is 9.47 Å². The highest BCUT2D eigenvalue weighted by Gasteiger charge is 2.30. The van der Waals surface area contributed by atoms with Crippen molar-refractivity contribution in [2.24, 2.45) is 5.92 Å². The molecule has 162 valence electrons. The van der Waals surface area contributed by atoms with Crippen LogP contribution < -0.4 is 9.46 Å². The summed E-state index contributed by atoms with van der Waals surface area (Å²) in [4.78, 5) is 4.33. The Morgan fingerprint density at radius 3 is 2.45 bits per heavy atom. The fourth-order valence-electron chi connectivity index (χ4n) is 3.62. The fourth-order valence-corrected chi connectivity index (χ4v) is 5.09. The second kappa shape index (κ2) is 9.78. The van der Waals surface area contributed by atoms with E-state index in [9.17, 15) is 8.42 Å². The van der Waals surface area contributed by atoms with Gasteiger partial charge in [-0.3, -0.25) is 4.98 Å². The van der Waals surface area contributed by atoms with Crippen LogP contribution in [0.2, 0.25) is 5.02 Å². The summed E-state index contributed by atoms with van der Waals surface area (Å²) in [6.45, 7) is 1.24. The number of hydrogen-bond acceptors (Lipinski definition) is 5. The monoisotopic (exact) mass is 458 g/mol. The zero-order valence-corrected chi connectivity index (χ0v) is 18.4. The Kier molecular flexibility index (Phi) is 6.87. The van der Waals surface area contributed by atoms with Gasteiger partial charge in [0.15, 0.2) is 0 Å². The molecule has 1 fully saturated rings. The van der Waals surface area contributed by atoms with Crippen molar-refractivity contribution in [1.82, 2.24) is 9.71 Å². The fraction of sp³-hybridized carbons (Fsp3) is 0.261. The standard InChI is InChI=1S/C23H23ClN2O4S/c24-21-5-1-2-6-22(21)30-19-7-9-20(10-8-19)31(27,28)26-23(17-11-14-29-15-12-17)18-4-3-13-25-16-18/h1-10,13,16-17,23,26H,11-12,14-15H2. The van der Waals surface area contributed by atoms with Crippen LogP contribution in [0.4, 0.5) is 0 Å². The number of ether oxygens (including phenoxy) is 2. The van der Waals surface area contributed by atoms with Crippen molar-refractivity contribution in [1.29, 1.82) is 0 Å². The summed E-state index contributed by atoms with van der Waals surface area (Å²) < 4.78 is 40.4. The third-order valence-corrected chi connectivity index (χ3v) is 7.03. The van der Waals surface area contributed by atoms with Gasteiger partial charge in [-0.2, -0.15) is 0 Å². The van der Waals surface area contributed by atoms with Crippen molar-refractivity contribution >= 4 is 21.6 Å². The summed E-state index contributed by atoms with van der Waals surface area (Å²) in [5, 5.41) is 0.483. The summed E-state index contributed by atoms with van der Waals surface area (Å²) >= 11 is 6.12. The molecule has 3 aromatic rings. The number of halogens is 1. The number of hydrogen-bond donors (Lipinski definition) is 1. The lowest BCUT2D eigenvalue weighted by Crippen LogP contribution is -2.36. The molecular formula is C23H23ClN2O4S. The van der Waals surface area contributed by atoms with Crippen molar-refractivity contribution < 1.29 is 17.9 Å². The van der Waals surface area contributed by atoms with Gasteiger partial charge in [-0.05, 0) is 66.8 Å². The van der Waals surface area contributed by atoms with Crippen LogP contribution in [-0.2, 0) is 14.8 Å². The minimum Gasteiger partial charge on any atom is -0.456 e. The maximum atomic E-state index is 13.2. The minimum absolute atomic E-state index is 0.135. The summed E-state index contributed by atoms with van der Waals surface area (Å²) in [5.41, 5.74) is 0.844. The highest BCUT2D eigenvalue weighted by Crippen LogP contribution is 2.32. The molecule has 1 aliphatic heterocycles. The number of rotatable bonds is 7. The van der Waals surface area contributed by atoms with Gasteiger partial charge in [-0.1, -0.05) is 29.8 Å². The van der Waals surface area contributed by atoms with Gasteiger partial charge in [0.05, 0.1) is 16.0 Å².